The van der Waals surface area contributed by atoms with Crippen LogP contribution in [0.15, 0.2) is 72.4 Å². The molecule has 0 spiro atoms. The Morgan fingerprint density at radius 1 is 0.915 bits per heavy atom. The Labute approximate surface area is 482 Å². The SMILES string of the molecule is CC[C@H](O)[C@@H](C)[C@@H]1O[C@H]1CC(C)(O)/C=C/C=C(\C)[C@H]1OC(=O)C[C@H](O)CC[C@@](C)(OC)[C@@H](OC(=O)N2CCN(C(=O)OCc3ccc(NC(=O)C(C)NC(=O)C(NC(=O)CCCCCN4C(=O)C=CC4=O)C(C)C)cc3)CC2)/C=C/[C@@H]1C. The van der Waals surface area contributed by atoms with Gasteiger partial charge in [0.25, 0.3) is 11.8 Å². The van der Waals surface area contributed by atoms with E-state index in [0.717, 1.165) is 4.90 Å². The molecule has 82 heavy (non-hydrogen) atoms. The number of aliphatic hydroxyl groups is 3. The number of nitrogens with zero attached hydrogens (tertiary/aromatic N) is 3. The number of hydrogen-bond donors (Lipinski definition) is 6. The van der Waals surface area contributed by atoms with Crippen LogP contribution in [0.25, 0.3) is 0 Å². The van der Waals surface area contributed by atoms with Crippen molar-refractivity contribution < 1.29 is 77.4 Å². The van der Waals surface area contributed by atoms with E-state index in [-0.39, 0.29) is 107 Å². The van der Waals surface area contributed by atoms with Crippen LogP contribution in [0.5, 0.6) is 0 Å². The van der Waals surface area contributed by atoms with Crippen molar-refractivity contribution in [1.82, 2.24) is 25.3 Å². The number of aliphatic hydroxyl groups excluding tert-OH is 2. The van der Waals surface area contributed by atoms with Gasteiger partial charge >= 0.3 is 18.2 Å². The second-order valence-corrected chi connectivity index (χ2v) is 22.9. The highest BCUT2D eigenvalue weighted by atomic mass is 16.6. The van der Waals surface area contributed by atoms with Crippen molar-refractivity contribution in [2.75, 3.05) is 45.2 Å². The van der Waals surface area contributed by atoms with Gasteiger partial charge in [-0.25, -0.2) is 9.59 Å². The van der Waals surface area contributed by atoms with Crippen LogP contribution in [0.3, 0.4) is 0 Å². The number of carbonyl (C=O) groups excluding carboxylic acids is 8. The molecule has 0 aliphatic carbocycles. The summed E-state index contributed by atoms with van der Waals surface area (Å²) < 4.78 is 29.4. The summed E-state index contributed by atoms with van der Waals surface area (Å²) in [6, 6.07) is 4.77. The van der Waals surface area contributed by atoms with Crippen molar-refractivity contribution in [1.29, 1.82) is 0 Å². The maximum Gasteiger partial charge on any atom is 0.410 e. The molecular formula is C60H88N6O16. The summed E-state index contributed by atoms with van der Waals surface area (Å²) in [5, 5.41) is 40.5. The van der Waals surface area contributed by atoms with E-state index in [1.54, 1.807) is 89.3 Å². The second-order valence-electron chi connectivity index (χ2n) is 22.9. The van der Waals surface area contributed by atoms with Crippen LogP contribution in [-0.2, 0) is 59.1 Å². The van der Waals surface area contributed by atoms with Gasteiger partial charge in [-0.05, 0) is 95.1 Å². The van der Waals surface area contributed by atoms with E-state index in [2.05, 4.69) is 16.0 Å². The van der Waals surface area contributed by atoms with Crippen molar-refractivity contribution in [3.05, 3.63) is 77.9 Å². The predicted molar refractivity (Wildman–Crippen MR) is 303 cm³/mol. The van der Waals surface area contributed by atoms with Gasteiger partial charge in [-0.2, -0.15) is 0 Å². The van der Waals surface area contributed by atoms with E-state index in [0.29, 0.717) is 48.9 Å². The first-order valence-electron chi connectivity index (χ1n) is 28.7. The summed E-state index contributed by atoms with van der Waals surface area (Å²) in [5.74, 6) is -3.41. The number of benzene rings is 1. The molecule has 1 aromatic carbocycles. The van der Waals surface area contributed by atoms with Crippen LogP contribution in [0.1, 0.15) is 126 Å². The third kappa shape index (κ3) is 19.9. The zero-order chi connectivity index (χ0) is 60.5. The van der Waals surface area contributed by atoms with Gasteiger partial charge in [-0.1, -0.05) is 77.5 Å². The van der Waals surface area contributed by atoms with Crippen LogP contribution < -0.4 is 16.0 Å². The smallest absolute Gasteiger partial charge is 0.410 e. The number of epoxide rings is 1. The predicted octanol–water partition coefficient (Wildman–Crippen LogP) is 5.39. The number of rotatable bonds is 24. The number of esters is 1. The lowest BCUT2D eigenvalue weighted by atomic mass is 9.88. The van der Waals surface area contributed by atoms with Crippen molar-refractivity contribution in [2.24, 2.45) is 17.8 Å². The number of cyclic esters (lactones) is 1. The number of nitrogens with one attached hydrogen (secondary N) is 3. The number of hydrogen-bond acceptors (Lipinski definition) is 16. The van der Waals surface area contributed by atoms with E-state index in [1.165, 1.54) is 36.0 Å². The van der Waals surface area contributed by atoms with Crippen molar-refractivity contribution in [3.8, 4) is 0 Å². The van der Waals surface area contributed by atoms with Gasteiger partial charge in [-0.3, -0.25) is 33.7 Å². The van der Waals surface area contributed by atoms with Gasteiger partial charge in [0, 0.05) is 82.4 Å². The minimum absolute atomic E-state index is 0.0538. The Bertz CT molecular complexity index is 2490. The first-order valence-corrected chi connectivity index (χ1v) is 28.7. The van der Waals surface area contributed by atoms with Gasteiger partial charge in [0.05, 0.1) is 36.4 Å². The summed E-state index contributed by atoms with van der Waals surface area (Å²) in [7, 11) is 1.49. The van der Waals surface area contributed by atoms with Gasteiger partial charge < -0.3 is 64.8 Å². The molecule has 1 aromatic rings. The fourth-order valence-electron chi connectivity index (χ4n) is 9.97. The Hall–Kier alpha value is -6.46. The molecule has 22 heteroatoms. The summed E-state index contributed by atoms with van der Waals surface area (Å²) in [4.78, 5) is 107. The lowest BCUT2D eigenvalue weighted by molar-refractivity contribution is -0.151. The summed E-state index contributed by atoms with van der Waals surface area (Å²) in [6.07, 6.45) is 9.10. The molecule has 6 N–H and O–H groups in total. The van der Waals surface area contributed by atoms with Crippen LogP contribution in [0, 0.1) is 17.8 Å². The summed E-state index contributed by atoms with van der Waals surface area (Å²) >= 11 is 0. The highest BCUT2D eigenvalue weighted by molar-refractivity contribution is 6.12. The molecule has 7 amide bonds. The molecule has 4 heterocycles. The molecule has 0 radical (unpaired) electrons. The fraction of sp³-hybridized carbons (Fsp3) is 0.633. The average Bonchev–Trinajstić information content (AvgIpc) is 4.34. The Morgan fingerprint density at radius 2 is 1.56 bits per heavy atom. The molecule has 3 unspecified atom stereocenters. The minimum Gasteiger partial charge on any atom is -0.457 e. The zero-order valence-corrected chi connectivity index (χ0v) is 49.3. The maximum atomic E-state index is 13.8. The van der Waals surface area contributed by atoms with E-state index in [1.807, 2.05) is 20.8 Å². The van der Waals surface area contributed by atoms with Gasteiger partial charge in [-0.15, -0.1) is 0 Å². The number of amides is 7. The standard InChI is InChI=1S/C60H88N6O16/c1-11-45(68)40(6)54-46(80-54)35-59(8,77)27-15-16-38(4)53-39(5)18-23-47(60(9,78-10)28-26-44(67)34-51(72)82-53)81-58(76)65-32-30-64(31-33-65)57(75)79-36-42-19-21-43(22-20-42)62-55(73)41(7)61-56(74)52(37(2)3)63-48(69)17-13-12-14-29-66-49(70)24-25-50(66)71/h15-16,18-25,27,37,39-41,44-47,52-54,67-68,77H,11-14,17,26,28-36H2,1-10H3,(H,61,74)(H,62,73)(H,63,69)/b23-18+,27-15+,38-16+/t39-,40+,41?,44+,45-,46-,47-,52?,53+,54-,59?,60+/m0/s1. The molecule has 5 rings (SSSR count). The van der Waals surface area contributed by atoms with Crippen LogP contribution in [0.4, 0.5) is 15.3 Å². The maximum absolute atomic E-state index is 13.8. The molecule has 22 nitrogen and oxygen atoms in total. The summed E-state index contributed by atoms with van der Waals surface area (Å²) in [6.45, 7) is 16.8. The molecule has 12 atom stereocenters. The zero-order valence-electron chi connectivity index (χ0n) is 49.3. The highest BCUT2D eigenvalue weighted by Gasteiger charge is 2.47. The van der Waals surface area contributed by atoms with Crippen molar-refractivity contribution >= 4 is 53.4 Å². The molecule has 2 saturated heterocycles. The molecule has 0 bridgehead atoms. The van der Waals surface area contributed by atoms with Gasteiger partial charge in [0.15, 0.2) is 6.10 Å². The third-order valence-electron chi connectivity index (χ3n) is 15.6. The first kappa shape index (κ1) is 66.3. The quantitative estimate of drug-likeness (QED) is 0.0144. The monoisotopic (exact) mass is 1150 g/mol. The lowest BCUT2D eigenvalue weighted by Gasteiger charge is -2.38. The third-order valence-corrected chi connectivity index (χ3v) is 15.6. The molecule has 2 fully saturated rings. The molecule has 454 valence electrons. The van der Waals surface area contributed by atoms with Crippen LogP contribution in [-0.4, -0.2) is 177 Å². The first-order chi connectivity index (χ1) is 38.7. The molecular weight excluding hydrogens is 1060 g/mol. The Balaban J connectivity index is 1.07. The molecule has 0 aromatic heterocycles. The molecule has 4 aliphatic rings. The number of unbranched alkanes of at least 4 members (excludes halogenated alkanes) is 2. The van der Waals surface area contributed by atoms with E-state index in [9.17, 15) is 53.7 Å². The Kier molecular flexibility index (Phi) is 24.9. The topological polar surface area (TPSA) is 293 Å². The number of anilines is 1. The minimum atomic E-state index is -1.22. The second kappa shape index (κ2) is 30.7. The normalized spacial score (nSPS) is 26.1. The van der Waals surface area contributed by atoms with Gasteiger partial charge in [0.2, 0.25) is 17.7 Å². The van der Waals surface area contributed by atoms with Crippen molar-refractivity contribution in [3.63, 3.8) is 0 Å². The lowest BCUT2D eigenvalue weighted by Crippen LogP contribution is -2.53. The van der Waals surface area contributed by atoms with E-state index in [4.69, 9.17) is 23.7 Å². The number of methoxy groups -OCH3 is 1. The van der Waals surface area contributed by atoms with Gasteiger partial charge in [0.1, 0.15) is 30.4 Å². The largest absolute Gasteiger partial charge is 0.457 e. The van der Waals surface area contributed by atoms with E-state index < -0.39 is 83.6 Å². The van der Waals surface area contributed by atoms with Crippen LogP contribution >= 0.6 is 0 Å². The number of ether oxygens (including phenoxy) is 5. The van der Waals surface area contributed by atoms with Crippen LogP contribution in [0.2, 0.25) is 0 Å². The number of imide groups is 1. The molecule has 0 saturated carbocycles. The van der Waals surface area contributed by atoms with E-state index >= 15 is 0 Å². The summed E-state index contributed by atoms with van der Waals surface area (Å²) in [5.41, 5.74) is -0.598. The Morgan fingerprint density at radius 3 is 2.18 bits per heavy atom. The number of piperazine rings is 1. The fourth-order valence-corrected chi connectivity index (χ4v) is 9.97. The number of carbonyl (C=O) groups is 8. The highest BCUT2D eigenvalue weighted by Crippen LogP contribution is 2.38. The molecule has 4 aliphatic heterocycles. The average molecular weight is 1150 g/mol. The number of allylic oxidation sites excluding steroid dienone is 2. The van der Waals surface area contributed by atoms with Crippen molar-refractivity contribution in [2.45, 2.75) is 187 Å².